The number of rotatable bonds is 3. The highest BCUT2D eigenvalue weighted by Gasteiger charge is 2.12. The van der Waals surface area contributed by atoms with Crippen molar-refractivity contribution >= 4 is 42.4 Å². The molecule has 0 saturated carbocycles. The summed E-state index contributed by atoms with van der Waals surface area (Å²) in [7, 11) is 0. The normalized spacial score (nSPS) is 11.4. The van der Waals surface area contributed by atoms with Crippen molar-refractivity contribution in [1.82, 2.24) is 9.97 Å². The van der Waals surface area contributed by atoms with Crippen molar-refractivity contribution in [3.8, 4) is 33.6 Å². The van der Waals surface area contributed by atoms with Gasteiger partial charge in [-0.2, -0.15) is 0 Å². The van der Waals surface area contributed by atoms with Gasteiger partial charge in [-0.1, -0.05) is 78.9 Å². The molecule has 0 unspecified atom stereocenters. The number of nitrogens with zero attached hydrogens (tertiary/aromatic N) is 2. The molecule has 0 atom stereocenters. The van der Waals surface area contributed by atoms with Crippen molar-refractivity contribution in [2.75, 3.05) is 0 Å². The highest BCUT2D eigenvalue weighted by atomic mass is 32.1. The standard InChI is InChI=1S/C32H20N2S/c1-2-8-21(9-3-1)32-27-13-7-17-33-29(27)20-28(34-32)24-11-6-10-22(18-24)23-15-16-26-25-12-4-5-14-30(25)35-31(26)19-23/h1-20H. The third-order valence-electron chi connectivity index (χ3n) is 6.52. The molecule has 164 valence electrons. The first-order chi connectivity index (χ1) is 17.3. The van der Waals surface area contributed by atoms with Crippen LogP contribution >= 0.6 is 11.3 Å². The lowest BCUT2D eigenvalue weighted by Crippen LogP contribution is -1.92. The van der Waals surface area contributed by atoms with E-state index < -0.39 is 0 Å². The van der Waals surface area contributed by atoms with Gasteiger partial charge in [-0.25, -0.2) is 4.98 Å². The Balaban J connectivity index is 1.37. The summed E-state index contributed by atoms with van der Waals surface area (Å²) in [5.41, 5.74) is 7.43. The first kappa shape index (κ1) is 20.1. The molecule has 7 rings (SSSR count). The minimum absolute atomic E-state index is 0.930. The Morgan fingerprint density at radius 1 is 0.486 bits per heavy atom. The Morgan fingerprint density at radius 3 is 2.17 bits per heavy atom. The van der Waals surface area contributed by atoms with Gasteiger partial charge in [0.2, 0.25) is 0 Å². The predicted molar refractivity (Wildman–Crippen MR) is 149 cm³/mol. The van der Waals surface area contributed by atoms with Gasteiger partial charge in [0.1, 0.15) is 0 Å². The van der Waals surface area contributed by atoms with Crippen LogP contribution in [0, 0.1) is 0 Å². The third kappa shape index (κ3) is 3.49. The Kier molecular flexibility index (Phi) is 4.68. The summed E-state index contributed by atoms with van der Waals surface area (Å²) < 4.78 is 2.64. The van der Waals surface area contributed by atoms with Crippen molar-refractivity contribution < 1.29 is 0 Å². The largest absolute Gasteiger partial charge is 0.256 e. The summed E-state index contributed by atoms with van der Waals surface area (Å²) in [6, 6.07) is 40.6. The van der Waals surface area contributed by atoms with Crippen LogP contribution in [0.1, 0.15) is 0 Å². The Labute approximate surface area is 207 Å². The van der Waals surface area contributed by atoms with Crippen LogP contribution in [-0.2, 0) is 0 Å². The fraction of sp³-hybridized carbons (Fsp3) is 0. The summed E-state index contributed by atoms with van der Waals surface area (Å²) in [6.07, 6.45) is 1.84. The lowest BCUT2D eigenvalue weighted by Gasteiger charge is -2.11. The van der Waals surface area contributed by atoms with E-state index in [1.807, 2.05) is 29.7 Å². The second kappa shape index (κ2) is 8.15. The van der Waals surface area contributed by atoms with E-state index in [1.54, 1.807) is 0 Å². The number of fused-ring (bicyclic) bond motifs is 4. The molecular weight excluding hydrogens is 444 g/mol. The lowest BCUT2D eigenvalue weighted by molar-refractivity contribution is 1.32. The van der Waals surface area contributed by atoms with Crippen molar-refractivity contribution in [2.24, 2.45) is 0 Å². The van der Waals surface area contributed by atoms with Crippen LogP contribution < -0.4 is 0 Å². The summed E-state index contributed by atoms with van der Waals surface area (Å²) >= 11 is 1.85. The Hall–Kier alpha value is -4.34. The van der Waals surface area contributed by atoms with Gasteiger partial charge in [0.25, 0.3) is 0 Å². The molecule has 0 saturated heterocycles. The minimum atomic E-state index is 0.930. The number of aromatic nitrogens is 2. The van der Waals surface area contributed by atoms with E-state index in [0.29, 0.717) is 0 Å². The van der Waals surface area contributed by atoms with Crippen molar-refractivity contribution in [2.45, 2.75) is 0 Å². The van der Waals surface area contributed by atoms with Crippen LogP contribution in [0.25, 0.3) is 64.7 Å². The smallest absolute Gasteiger partial charge is 0.0803 e. The zero-order valence-corrected chi connectivity index (χ0v) is 19.7. The van der Waals surface area contributed by atoms with E-state index in [0.717, 1.165) is 33.4 Å². The van der Waals surface area contributed by atoms with Crippen LogP contribution in [0.3, 0.4) is 0 Å². The van der Waals surface area contributed by atoms with E-state index in [4.69, 9.17) is 4.98 Å². The highest BCUT2D eigenvalue weighted by molar-refractivity contribution is 7.25. The number of hydrogen-bond donors (Lipinski definition) is 0. The average Bonchev–Trinajstić information content (AvgIpc) is 3.31. The van der Waals surface area contributed by atoms with Crippen LogP contribution in [0.5, 0.6) is 0 Å². The number of benzene rings is 4. The molecule has 2 nitrogen and oxygen atoms in total. The van der Waals surface area contributed by atoms with Crippen molar-refractivity contribution in [1.29, 1.82) is 0 Å². The lowest BCUT2D eigenvalue weighted by atomic mass is 9.99. The van der Waals surface area contributed by atoms with Gasteiger partial charge in [0.15, 0.2) is 0 Å². The molecule has 0 radical (unpaired) electrons. The maximum Gasteiger partial charge on any atom is 0.0803 e. The molecule has 0 aliphatic carbocycles. The van der Waals surface area contributed by atoms with E-state index in [9.17, 15) is 0 Å². The number of thiophene rings is 1. The second-order valence-electron chi connectivity index (χ2n) is 8.68. The molecule has 0 spiro atoms. The van der Waals surface area contributed by atoms with Crippen LogP contribution in [0.15, 0.2) is 121 Å². The third-order valence-corrected chi connectivity index (χ3v) is 7.65. The topological polar surface area (TPSA) is 25.8 Å². The highest BCUT2D eigenvalue weighted by Crippen LogP contribution is 2.37. The van der Waals surface area contributed by atoms with E-state index in [1.165, 1.54) is 31.3 Å². The molecule has 7 aromatic rings. The zero-order chi connectivity index (χ0) is 23.2. The Morgan fingerprint density at radius 2 is 1.23 bits per heavy atom. The molecule has 0 aliphatic rings. The van der Waals surface area contributed by atoms with Crippen molar-refractivity contribution in [3.63, 3.8) is 0 Å². The zero-order valence-electron chi connectivity index (χ0n) is 18.8. The number of pyridine rings is 2. The van der Waals surface area contributed by atoms with Gasteiger partial charge in [0, 0.05) is 42.9 Å². The molecule has 3 heteroatoms. The quantitative estimate of drug-likeness (QED) is 0.261. The molecule has 0 fully saturated rings. The summed E-state index contributed by atoms with van der Waals surface area (Å²) in [4.78, 5) is 9.77. The summed E-state index contributed by atoms with van der Waals surface area (Å²) in [5, 5.41) is 3.71. The molecular formula is C32H20N2S. The van der Waals surface area contributed by atoms with Gasteiger partial charge >= 0.3 is 0 Å². The SMILES string of the molecule is c1ccc(-c2nc(-c3cccc(-c4ccc5c(c4)sc4ccccc45)c3)cc3ncccc23)cc1. The van der Waals surface area contributed by atoms with Crippen LogP contribution in [-0.4, -0.2) is 9.97 Å². The number of hydrogen-bond acceptors (Lipinski definition) is 3. The maximum absolute atomic E-state index is 5.12. The van der Waals surface area contributed by atoms with Crippen LogP contribution in [0.2, 0.25) is 0 Å². The molecule has 4 aromatic carbocycles. The van der Waals surface area contributed by atoms with E-state index >= 15 is 0 Å². The fourth-order valence-corrected chi connectivity index (χ4v) is 5.95. The molecule has 3 heterocycles. The fourth-order valence-electron chi connectivity index (χ4n) is 4.80. The summed E-state index contributed by atoms with van der Waals surface area (Å²) in [5.74, 6) is 0. The summed E-state index contributed by atoms with van der Waals surface area (Å²) in [6.45, 7) is 0. The molecule has 0 bridgehead atoms. The molecule has 35 heavy (non-hydrogen) atoms. The average molecular weight is 465 g/mol. The van der Waals surface area contributed by atoms with Gasteiger partial charge in [-0.05, 0) is 47.5 Å². The van der Waals surface area contributed by atoms with Gasteiger partial charge in [-0.3, -0.25) is 4.98 Å². The maximum atomic E-state index is 5.12. The first-order valence-corrected chi connectivity index (χ1v) is 12.5. The molecule has 0 amide bonds. The Bertz CT molecular complexity index is 1850. The van der Waals surface area contributed by atoms with Gasteiger partial charge in [0.05, 0.1) is 16.9 Å². The predicted octanol–water partition coefficient (Wildman–Crippen LogP) is 9.00. The monoisotopic (exact) mass is 464 g/mol. The molecule has 0 N–H and O–H groups in total. The molecule has 3 aromatic heterocycles. The minimum Gasteiger partial charge on any atom is -0.256 e. The van der Waals surface area contributed by atoms with E-state index in [-0.39, 0.29) is 0 Å². The molecule has 0 aliphatic heterocycles. The van der Waals surface area contributed by atoms with Gasteiger partial charge in [-0.15, -0.1) is 11.3 Å². The van der Waals surface area contributed by atoms with E-state index in [2.05, 4.69) is 108 Å². The van der Waals surface area contributed by atoms with Crippen molar-refractivity contribution in [3.05, 3.63) is 121 Å². The first-order valence-electron chi connectivity index (χ1n) is 11.7. The second-order valence-corrected chi connectivity index (χ2v) is 9.77. The van der Waals surface area contributed by atoms with Gasteiger partial charge < -0.3 is 0 Å². The van der Waals surface area contributed by atoms with Crippen LogP contribution in [0.4, 0.5) is 0 Å².